The molecule has 2 aliphatic heterocycles. The summed E-state index contributed by atoms with van der Waals surface area (Å²) in [4.78, 5) is 41.4. The Morgan fingerprint density at radius 3 is 2.61 bits per heavy atom. The van der Waals surface area contributed by atoms with Crippen LogP contribution in [0, 0.1) is 0 Å². The van der Waals surface area contributed by atoms with Gasteiger partial charge in [0, 0.05) is 36.1 Å². The number of halogens is 1. The van der Waals surface area contributed by atoms with E-state index in [1.165, 1.54) is 4.90 Å². The molecule has 0 radical (unpaired) electrons. The van der Waals surface area contributed by atoms with Gasteiger partial charge >= 0.3 is 5.97 Å². The summed E-state index contributed by atoms with van der Waals surface area (Å²) < 4.78 is 5.26. The van der Waals surface area contributed by atoms with Gasteiger partial charge in [0.2, 0.25) is 11.8 Å². The molecule has 3 rings (SSSR count). The van der Waals surface area contributed by atoms with Crippen molar-refractivity contribution in [2.24, 2.45) is 0 Å². The van der Waals surface area contributed by atoms with Crippen LogP contribution in [0.4, 0.5) is 0 Å². The third-order valence-corrected chi connectivity index (χ3v) is 5.56. The highest BCUT2D eigenvalue weighted by Gasteiger charge is 2.38. The second kappa shape index (κ2) is 8.78. The molecule has 1 aromatic carbocycles. The van der Waals surface area contributed by atoms with E-state index >= 15 is 0 Å². The maximum Gasteiger partial charge on any atom is 0.336 e. The van der Waals surface area contributed by atoms with Crippen molar-refractivity contribution < 1.29 is 19.1 Å². The van der Waals surface area contributed by atoms with E-state index in [2.05, 4.69) is 0 Å². The summed E-state index contributed by atoms with van der Waals surface area (Å²) in [5.41, 5.74) is 1.68. The highest BCUT2D eigenvalue weighted by Crippen LogP contribution is 2.37. The van der Waals surface area contributed by atoms with Gasteiger partial charge in [-0.2, -0.15) is 0 Å². The van der Waals surface area contributed by atoms with Gasteiger partial charge in [-0.05, 0) is 44.4 Å². The average molecular weight is 405 g/mol. The lowest BCUT2D eigenvalue weighted by Crippen LogP contribution is -2.44. The summed E-state index contributed by atoms with van der Waals surface area (Å²) in [6, 6.07) is 7.15. The number of benzene rings is 1. The number of hydrogen-bond donors (Lipinski definition) is 0. The van der Waals surface area contributed by atoms with Crippen molar-refractivity contribution in [3.63, 3.8) is 0 Å². The summed E-state index contributed by atoms with van der Waals surface area (Å²) in [5.74, 6) is -1.17. The highest BCUT2D eigenvalue weighted by atomic mass is 35.5. The number of esters is 1. The van der Waals surface area contributed by atoms with E-state index in [-0.39, 0.29) is 31.4 Å². The Hall–Kier alpha value is -2.34. The molecule has 7 heteroatoms. The second-order valence-electron chi connectivity index (χ2n) is 7.10. The monoisotopic (exact) mass is 404 g/mol. The van der Waals surface area contributed by atoms with Crippen LogP contribution in [0.25, 0.3) is 0 Å². The quantitative estimate of drug-likeness (QED) is 0.707. The predicted molar refractivity (Wildman–Crippen MR) is 106 cm³/mol. The Bertz CT molecular complexity index is 814. The van der Waals surface area contributed by atoms with Gasteiger partial charge in [-0.25, -0.2) is 4.79 Å². The van der Waals surface area contributed by atoms with Crippen molar-refractivity contribution in [2.75, 3.05) is 26.2 Å². The van der Waals surface area contributed by atoms with Gasteiger partial charge < -0.3 is 14.5 Å². The molecule has 28 heavy (non-hydrogen) atoms. The number of nitrogens with zero attached hydrogens (tertiary/aromatic N) is 2. The van der Waals surface area contributed by atoms with Crippen LogP contribution < -0.4 is 0 Å². The van der Waals surface area contributed by atoms with Crippen molar-refractivity contribution in [3.8, 4) is 0 Å². The average Bonchev–Trinajstić information content (AvgIpc) is 3.19. The minimum absolute atomic E-state index is 0.0458. The topological polar surface area (TPSA) is 66.9 Å². The first-order valence-corrected chi connectivity index (χ1v) is 10.0. The van der Waals surface area contributed by atoms with Crippen molar-refractivity contribution in [2.45, 2.75) is 39.0 Å². The molecule has 1 aromatic rings. The van der Waals surface area contributed by atoms with E-state index < -0.39 is 11.9 Å². The lowest BCUT2D eigenvalue weighted by atomic mass is 9.83. The molecular weight excluding hydrogens is 380 g/mol. The van der Waals surface area contributed by atoms with Crippen molar-refractivity contribution >= 4 is 29.4 Å². The summed E-state index contributed by atoms with van der Waals surface area (Å²) in [6.45, 7) is 5.08. The molecule has 0 spiro atoms. The normalized spacial score (nSPS) is 20.0. The van der Waals surface area contributed by atoms with E-state index in [4.69, 9.17) is 16.3 Å². The Morgan fingerprint density at radius 2 is 1.96 bits per heavy atom. The zero-order valence-electron chi connectivity index (χ0n) is 16.2. The van der Waals surface area contributed by atoms with Crippen molar-refractivity contribution in [3.05, 3.63) is 46.1 Å². The third kappa shape index (κ3) is 4.22. The summed E-state index contributed by atoms with van der Waals surface area (Å²) in [7, 11) is 0. The number of allylic oxidation sites excluding steroid dienone is 1. The van der Waals surface area contributed by atoms with Crippen LogP contribution in [0.3, 0.4) is 0 Å². The van der Waals surface area contributed by atoms with Crippen LogP contribution in [0.5, 0.6) is 0 Å². The Balaban J connectivity index is 1.95. The lowest BCUT2D eigenvalue weighted by molar-refractivity contribution is -0.142. The molecule has 2 amide bonds. The molecule has 2 heterocycles. The van der Waals surface area contributed by atoms with Crippen molar-refractivity contribution in [1.82, 2.24) is 9.80 Å². The Morgan fingerprint density at radius 1 is 1.25 bits per heavy atom. The van der Waals surface area contributed by atoms with Crippen LogP contribution >= 0.6 is 11.6 Å². The van der Waals surface area contributed by atoms with Gasteiger partial charge in [0.15, 0.2) is 0 Å². The van der Waals surface area contributed by atoms with Crippen LogP contribution in [-0.4, -0.2) is 53.8 Å². The smallest absolute Gasteiger partial charge is 0.336 e. The number of carbonyl (C=O) groups excluding carboxylic acids is 3. The summed E-state index contributed by atoms with van der Waals surface area (Å²) in [5, 5.41) is 0.539. The zero-order chi connectivity index (χ0) is 20.3. The minimum atomic E-state index is -0.462. The summed E-state index contributed by atoms with van der Waals surface area (Å²) >= 11 is 6.12. The first-order valence-electron chi connectivity index (χ1n) is 9.63. The molecule has 1 atom stereocenters. The molecule has 1 fully saturated rings. The van der Waals surface area contributed by atoms with Crippen LogP contribution in [0.1, 0.15) is 44.6 Å². The predicted octanol–water partition coefficient (Wildman–Crippen LogP) is 3.12. The van der Waals surface area contributed by atoms with Gasteiger partial charge in [0.1, 0.15) is 6.54 Å². The van der Waals surface area contributed by atoms with Gasteiger partial charge in [-0.1, -0.05) is 23.7 Å². The van der Waals surface area contributed by atoms with Gasteiger partial charge in [-0.15, -0.1) is 0 Å². The third-order valence-electron chi connectivity index (χ3n) is 5.32. The van der Waals surface area contributed by atoms with E-state index in [0.717, 1.165) is 31.5 Å². The number of rotatable bonds is 5. The van der Waals surface area contributed by atoms with Gasteiger partial charge in [0.25, 0.3) is 0 Å². The Labute approximate surface area is 170 Å². The fourth-order valence-corrected chi connectivity index (χ4v) is 4.09. The molecule has 0 bridgehead atoms. The largest absolute Gasteiger partial charge is 0.463 e. The number of ether oxygens (including phenoxy) is 1. The second-order valence-corrected chi connectivity index (χ2v) is 7.54. The molecule has 0 aromatic heterocycles. The number of likely N-dealkylation sites (tertiary alicyclic amines) is 1. The molecule has 0 saturated carbocycles. The van der Waals surface area contributed by atoms with E-state index in [0.29, 0.717) is 16.3 Å². The van der Waals surface area contributed by atoms with E-state index in [1.54, 1.807) is 36.9 Å². The maximum atomic E-state index is 12.9. The summed E-state index contributed by atoms with van der Waals surface area (Å²) in [6.07, 6.45) is 2.07. The van der Waals surface area contributed by atoms with Crippen LogP contribution in [0.15, 0.2) is 35.5 Å². The molecule has 150 valence electrons. The van der Waals surface area contributed by atoms with Crippen LogP contribution in [-0.2, 0) is 19.1 Å². The number of carbonyl (C=O) groups is 3. The maximum absolute atomic E-state index is 12.9. The van der Waals surface area contributed by atoms with Crippen LogP contribution in [0.2, 0.25) is 5.02 Å². The number of hydrogen-bond acceptors (Lipinski definition) is 4. The molecular formula is C21H25ClN2O4. The molecule has 6 nitrogen and oxygen atoms in total. The molecule has 1 unspecified atom stereocenters. The highest BCUT2D eigenvalue weighted by molar-refractivity contribution is 6.30. The SMILES string of the molecule is CCOC(=O)C1=C(C)N(CC(=O)N2CCCC2)C(=O)CC1c1cccc(Cl)c1. The molecule has 1 saturated heterocycles. The first-order chi connectivity index (χ1) is 13.4. The fourth-order valence-electron chi connectivity index (χ4n) is 3.89. The van der Waals surface area contributed by atoms with E-state index in [1.807, 2.05) is 6.07 Å². The van der Waals surface area contributed by atoms with Gasteiger partial charge in [-0.3, -0.25) is 9.59 Å². The standard InChI is InChI=1S/C21H25ClN2O4/c1-3-28-21(27)20-14(2)24(13-19(26)23-9-4-5-10-23)18(25)12-17(20)15-7-6-8-16(22)11-15/h6-8,11,17H,3-5,9-10,12-13H2,1-2H3. The van der Waals surface area contributed by atoms with E-state index in [9.17, 15) is 14.4 Å². The Kier molecular flexibility index (Phi) is 6.39. The zero-order valence-corrected chi connectivity index (χ0v) is 17.0. The number of amides is 2. The molecule has 0 N–H and O–H groups in total. The fraction of sp³-hybridized carbons (Fsp3) is 0.476. The minimum Gasteiger partial charge on any atom is -0.463 e. The molecule has 0 aliphatic carbocycles. The van der Waals surface area contributed by atoms with Crippen molar-refractivity contribution in [1.29, 1.82) is 0 Å². The lowest BCUT2D eigenvalue weighted by Gasteiger charge is -2.34. The first kappa shape index (κ1) is 20.4. The van der Waals surface area contributed by atoms with Gasteiger partial charge in [0.05, 0.1) is 12.2 Å². The molecule has 2 aliphatic rings.